The molecule has 5 fully saturated rings. The number of allylic oxidation sites excluding steroid dienone is 3. The Hall–Kier alpha value is -4.03. The lowest BCUT2D eigenvalue weighted by molar-refractivity contribution is -0.132. The molecule has 36 heavy (non-hydrogen) atoms. The van der Waals surface area contributed by atoms with Gasteiger partial charge in [0.05, 0.1) is 5.57 Å². The van der Waals surface area contributed by atoms with E-state index in [0.717, 1.165) is 31.3 Å². The van der Waals surface area contributed by atoms with E-state index in [-0.39, 0.29) is 23.2 Å². The Morgan fingerprint density at radius 2 is 1.25 bits per heavy atom. The summed E-state index contributed by atoms with van der Waals surface area (Å²) in [5, 5.41) is 19.5. The molecule has 2 aromatic rings. The zero-order valence-electron chi connectivity index (χ0n) is 19.4. The number of nitriles is 2. The van der Waals surface area contributed by atoms with Gasteiger partial charge in [-0.1, -0.05) is 24.3 Å². The summed E-state index contributed by atoms with van der Waals surface area (Å²) in [7, 11) is 0. The molecule has 4 saturated carbocycles. The molecule has 1 heterocycles. The average molecular weight is 481 g/mol. The quantitative estimate of drug-likeness (QED) is 0.284. The Bertz CT molecular complexity index is 1360. The van der Waals surface area contributed by atoms with E-state index < -0.39 is 17.6 Å². The van der Waals surface area contributed by atoms with Crippen molar-refractivity contribution in [3.8, 4) is 12.1 Å². The fourth-order valence-electron chi connectivity index (χ4n) is 7.00. The van der Waals surface area contributed by atoms with Crippen LogP contribution < -0.4 is 0 Å². The first-order chi connectivity index (χ1) is 17.5. The Labute approximate surface area is 207 Å². The molecule has 0 N–H and O–H groups in total. The van der Waals surface area contributed by atoms with Gasteiger partial charge in [-0.05, 0) is 96.7 Å². The van der Waals surface area contributed by atoms with E-state index in [2.05, 4.69) is 0 Å². The molecule has 0 amide bonds. The van der Waals surface area contributed by atoms with Crippen molar-refractivity contribution in [2.24, 2.45) is 23.7 Å². The minimum Gasteiger partial charge on any atom is -0.420 e. The van der Waals surface area contributed by atoms with Gasteiger partial charge in [-0.3, -0.25) is 0 Å². The zero-order valence-corrected chi connectivity index (χ0v) is 19.4. The second kappa shape index (κ2) is 8.57. The van der Waals surface area contributed by atoms with Crippen LogP contribution in [0.2, 0.25) is 0 Å². The maximum absolute atomic E-state index is 13.9. The summed E-state index contributed by atoms with van der Waals surface area (Å²) >= 11 is 0. The van der Waals surface area contributed by atoms with Crippen LogP contribution in [0, 0.1) is 58.0 Å². The molecule has 0 radical (unpaired) electrons. The second-order valence-corrected chi connectivity index (χ2v) is 10.2. The minimum absolute atomic E-state index is 0.0787. The SMILES string of the molecule is N#CC(C#N)=C1OC(=O)C(=C2C3CC4CC(C3)CC2C4)C1=C(c1ccc(F)cc1)c1ccc(F)cc1. The number of carbonyl (C=O) groups is 1. The molecular weight excluding hydrogens is 458 g/mol. The van der Waals surface area contributed by atoms with Crippen LogP contribution >= 0.6 is 0 Å². The van der Waals surface area contributed by atoms with Crippen molar-refractivity contribution in [3.05, 3.63) is 99.3 Å². The lowest BCUT2D eigenvalue weighted by Crippen LogP contribution is -2.41. The molecule has 7 rings (SSSR count). The number of hydrogen-bond donors (Lipinski definition) is 0. The minimum atomic E-state index is -0.563. The van der Waals surface area contributed by atoms with Crippen LogP contribution in [-0.2, 0) is 9.53 Å². The van der Waals surface area contributed by atoms with E-state index in [1.807, 2.05) is 12.1 Å². The Morgan fingerprint density at radius 1 is 0.778 bits per heavy atom. The number of halogens is 2. The van der Waals surface area contributed by atoms with Crippen LogP contribution in [0.4, 0.5) is 8.78 Å². The Morgan fingerprint density at radius 3 is 1.69 bits per heavy atom. The van der Waals surface area contributed by atoms with Crippen molar-refractivity contribution >= 4 is 11.5 Å². The fourth-order valence-corrected chi connectivity index (χ4v) is 7.00. The van der Waals surface area contributed by atoms with Crippen LogP contribution in [0.1, 0.15) is 43.2 Å². The van der Waals surface area contributed by atoms with Crippen molar-refractivity contribution in [2.45, 2.75) is 32.1 Å². The molecule has 1 aliphatic heterocycles. The zero-order chi connectivity index (χ0) is 25.0. The highest BCUT2D eigenvalue weighted by molar-refractivity contribution is 6.07. The van der Waals surface area contributed by atoms with Crippen molar-refractivity contribution in [3.63, 3.8) is 0 Å². The van der Waals surface area contributed by atoms with Gasteiger partial charge in [-0.25, -0.2) is 13.6 Å². The van der Waals surface area contributed by atoms with E-state index in [0.29, 0.717) is 39.7 Å². The predicted molar refractivity (Wildman–Crippen MR) is 127 cm³/mol. The highest BCUT2D eigenvalue weighted by Crippen LogP contribution is 2.59. The van der Waals surface area contributed by atoms with Crippen molar-refractivity contribution < 1.29 is 18.3 Å². The van der Waals surface area contributed by atoms with Crippen LogP contribution in [0.25, 0.3) is 5.57 Å². The van der Waals surface area contributed by atoms with Gasteiger partial charge in [-0.2, -0.15) is 10.5 Å². The molecule has 0 aromatic heterocycles. The Balaban J connectivity index is 1.71. The summed E-state index contributed by atoms with van der Waals surface area (Å²) in [6.07, 6.45) is 5.35. The number of benzene rings is 2. The van der Waals surface area contributed by atoms with Crippen LogP contribution in [0.3, 0.4) is 0 Å². The van der Waals surface area contributed by atoms with Crippen molar-refractivity contribution in [1.82, 2.24) is 0 Å². The topological polar surface area (TPSA) is 73.9 Å². The van der Waals surface area contributed by atoms with E-state index >= 15 is 0 Å². The van der Waals surface area contributed by atoms with Gasteiger partial charge in [0.15, 0.2) is 11.3 Å². The van der Waals surface area contributed by atoms with Gasteiger partial charge in [-0.15, -0.1) is 0 Å². The molecule has 0 unspecified atom stereocenters. The van der Waals surface area contributed by atoms with Crippen molar-refractivity contribution in [1.29, 1.82) is 10.5 Å². The molecule has 2 aromatic carbocycles. The first kappa shape index (κ1) is 22.4. The number of nitrogens with zero attached hydrogens (tertiary/aromatic N) is 2. The van der Waals surface area contributed by atoms with E-state index in [1.54, 1.807) is 24.3 Å². The molecule has 0 atom stereocenters. The molecule has 4 nitrogen and oxygen atoms in total. The number of carbonyl (C=O) groups excluding carboxylic acids is 1. The van der Waals surface area contributed by atoms with Gasteiger partial charge in [0.25, 0.3) is 0 Å². The summed E-state index contributed by atoms with van der Waals surface area (Å²) in [5.41, 5.74) is 3.21. The van der Waals surface area contributed by atoms with E-state index in [4.69, 9.17) is 4.74 Å². The number of cyclic esters (lactones) is 1. The standard InChI is InChI=1S/C30H22F2N2O2/c31-23-5-1-18(2-6-23)25(19-3-7-24(32)8-4-19)27-28(30(35)36-29(27)22(14-33)15-34)26-20-10-16-9-17(12-20)13-21(26)11-16/h1-8,16-17,20-21H,9-13H2. The normalized spacial score (nSPS) is 26.1. The molecule has 5 aliphatic rings. The van der Waals surface area contributed by atoms with Gasteiger partial charge in [0, 0.05) is 11.1 Å². The largest absolute Gasteiger partial charge is 0.420 e. The summed E-state index contributed by atoms with van der Waals surface area (Å²) in [5.74, 6) is 0.356. The lowest BCUT2D eigenvalue weighted by atomic mass is 9.53. The third-order valence-electron chi connectivity index (χ3n) is 8.15. The van der Waals surface area contributed by atoms with Crippen LogP contribution in [0.15, 0.2) is 76.6 Å². The highest BCUT2D eigenvalue weighted by Gasteiger charge is 2.49. The fraction of sp³-hybridized carbons (Fsp3) is 0.300. The molecule has 1 saturated heterocycles. The molecular formula is C30H22F2N2O2. The maximum atomic E-state index is 13.9. The summed E-state index contributed by atoms with van der Waals surface area (Å²) in [6, 6.07) is 15.3. The highest BCUT2D eigenvalue weighted by atomic mass is 19.1. The summed E-state index contributed by atoms with van der Waals surface area (Å²) in [6.45, 7) is 0. The third-order valence-corrected chi connectivity index (χ3v) is 8.15. The summed E-state index contributed by atoms with van der Waals surface area (Å²) in [4.78, 5) is 13.5. The molecule has 0 spiro atoms. The molecule has 178 valence electrons. The van der Waals surface area contributed by atoms with Crippen LogP contribution in [0.5, 0.6) is 0 Å². The second-order valence-electron chi connectivity index (χ2n) is 10.2. The maximum Gasteiger partial charge on any atom is 0.344 e. The lowest BCUT2D eigenvalue weighted by Gasteiger charge is -2.51. The monoisotopic (exact) mass is 480 g/mol. The predicted octanol–water partition coefficient (Wildman–Crippen LogP) is 6.38. The van der Waals surface area contributed by atoms with Crippen molar-refractivity contribution in [2.75, 3.05) is 0 Å². The first-order valence-corrected chi connectivity index (χ1v) is 12.2. The average Bonchev–Trinajstić information content (AvgIpc) is 3.18. The third kappa shape index (κ3) is 3.57. The molecule has 6 heteroatoms. The first-order valence-electron chi connectivity index (χ1n) is 12.2. The van der Waals surface area contributed by atoms with Gasteiger partial charge in [0.2, 0.25) is 0 Å². The van der Waals surface area contributed by atoms with Gasteiger partial charge in [0.1, 0.15) is 23.8 Å². The Kier molecular flexibility index (Phi) is 5.34. The number of rotatable bonds is 2. The van der Waals surface area contributed by atoms with E-state index in [9.17, 15) is 24.1 Å². The number of ether oxygens (including phenoxy) is 1. The smallest absolute Gasteiger partial charge is 0.344 e. The van der Waals surface area contributed by atoms with Gasteiger partial charge >= 0.3 is 5.97 Å². The number of hydrogen-bond acceptors (Lipinski definition) is 4. The van der Waals surface area contributed by atoms with Gasteiger partial charge < -0.3 is 4.74 Å². The van der Waals surface area contributed by atoms with Crippen LogP contribution in [-0.4, -0.2) is 5.97 Å². The molecule has 4 aliphatic carbocycles. The van der Waals surface area contributed by atoms with E-state index in [1.165, 1.54) is 30.7 Å². The summed E-state index contributed by atoms with van der Waals surface area (Å²) < 4.78 is 33.4. The molecule has 4 bridgehead atoms. The number of esters is 1.